The number of rotatable bonds is 5. The Morgan fingerprint density at radius 2 is 1.88 bits per heavy atom. The van der Waals surface area contributed by atoms with Crippen LogP contribution in [0.4, 0.5) is 18.9 Å². The summed E-state index contributed by atoms with van der Waals surface area (Å²) in [4.78, 5) is 20.9. The number of nitrogens with zero attached hydrogens (tertiary/aromatic N) is 1. The van der Waals surface area contributed by atoms with Crippen molar-refractivity contribution in [2.45, 2.75) is 6.92 Å². The van der Waals surface area contributed by atoms with Crippen molar-refractivity contribution < 1.29 is 22.7 Å². The first-order valence-corrected chi connectivity index (χ1v) is 10.6. The van der Waals surface area contributed by atoms with Gasteiger partial charge in [0.05, 0.1) is 7.11 Å². The standard InChI is InChI=1S/C24H17BrF3N3O2/c1-12(9-25)24(32)31-15-3-4-20(27)16(8-15)13-5-18-19(11-30-23(18)29-10-13)17-6-14(26)7-21(28)22(17)33-2/h3-11H,1-2H3,(H,29,30)(H,31,32)/b12-9+. The molecule has 9 heteroatoms. The van der Waals surface area contributed by atoms with Gasteiger partial charge in [-0.05, 0) is 42.2 Å². The van der Waals surface area contributed by atoms with Gasteiger partial charge in [0.15, 0.2) is 11.6 Å². The monoisotopic (exact) mass is 515 g/mol. The molecule has 2 N–H and O–H groups in total. The van der Waals surface area contributed by atoms with E-state index in [0.717, 1.165) is 12.1 Å². The number of aromatic amines is 1. The molecule has 0 fully saturated rings. The predicted molar refractivity (Wildman–Crippen MR) is 125 cm³/mol. The number of fused-ring (bicyclic) bond motifs is 1. The van der Waals surface area contributed by atoms with E-state index in [1.54, 1.807) is 19.2 Å². The van der Waals surface area contributed by atoms with Gasteiger partial charge >= 0.3 is 0 Å². The highest BCUT2D eigenvalue weighted by atomic mass is 79.9. The molecule has 0 aliphatic carbocycles. The molecule has 4 rings (SSSR count). The normalized spacial score (nSPS) is 11.6. The average molecular weight is 516 g/mol. The lowest BCUT2D eigenvalue weighted by molar-refractivity contribution is -0.112. The van der Waals surface area contributed by atoms with Crippen LogP contribution in [0.5, 0.6) is 5.75 Å². The number of carbonyl (C=O) groups excluding carboxylic acids is 1. The minimum Gasteiger partial charge on any atom is -0.493 e. The van der Waals surface area contributed by atoms with E-state index < -0.39 is 17.5 Å². The molecule has 0 radical (unpaired) electrons. The van der Waals surface area contributed by atoms with E-state index in [0.29, 0.717) is 33.4 Å². The summed E-state index contributed by atoms with van der Waals surface area (Å²) in [6.07, 6.45) is 3.03. The van der Waals surface area contributed by atoms with Gasteiger partial charge in [-0.15, -0.1) is 0 Å². The fourth-order valence-electron chi connectivity index (χ4n) is 3.44. The topological polar surface area (TPSA) is 67.0 Å². The average Bonchev–Trinajstić information content (AvgIpc) is 3.22. The lowest BCUT2D eigenvalue weighted by Gasteiger charge is -2.11. The molecule has 0 atom stereocenters. The van der Waals surface area contributed by atoms with Crippen LogP contribution in [0.25, 0.3) is 33.3 Å². The van der Waals surface area contributed by atoms with E-state index in [9.17, 15) is 18.0 Å². The van der Waals surface area contributed by atoms with E-state index in [1.807, 2.05) is 0 Å². The molecular weight excluding hydrogens is 499 g/mol. The van der Waals surface area contributed by atoms with Gasteiger partial charge in [-0.1, -0.05) is 15.9 Å². The number of aromatic nitrogens is 2. The summed E-state index contributed by atoms with van der Waals surface area (Å²) < 4.78 is 48.0. The Hall–Kier alpha value is -3.59. The minimum atomic E-state index is -0.840. The van der Waals surface area contributed by atoms with Gasteiger partial charge in [0, 0.05) is 57.4 Å². The number of carbonyl (C=O) groups is 1. The molecule has 1 amide bonds. The van der Waals surface area contributed by atoms with Crippen LogP contribution in [0.2, 0.25) is 0 Å². The summed E-state index contributed by atoms with van der Waals surface area (Å²) in [5.74, 6) is -2.58. The number of benzene rings is 2. The van der Waals surface area contributed by atoms with Gasteiger partial charge in [-0.3, -0.25) is 4.79 Å². The lowest BCUT2D eigenvalue weighted by atomic mass is 10.0. The molecule has 2 heterocycles. The molecule has 0 bridgehead atoms. The molecule has 5 nitrogen and oxygen atoms in total. The molecule has 0 saturated carbocycles. The van der Waals surface area contributed by atoms with E-state index in [4.69, 9.17) is 4.74 Å². The van der Waals surface area contributed by atoms with Crippen LogP contribution >= 0.6 is 15.9 Å². The van der Waals surface area contributed by atoms with Crippen molar-refractivity contribution in [3.8, 4) is 28.0 Å². The maximum Gasteiger partial charge on any atom is 0.251 e. The number of ether oxygens (including phenoxy) is 1. The Labute approximate surface area is 195 Å². The quantitative estimate of drug-likeness (QED) is 0.296. The van der Waals surface area contributed by atoms with Crippen LogP contribution in [-0.2, 0) is 4.79 Å². The molecule has 4 aromatic rings. The zero-order valence-corrected chi connectivity index (χ0v) is 19.1. The molecular formula is C24H17BrF3N3O2. The third-order valence-corrected chi connectivity index (χ3v) is 5.78. The SMILES string of the molecule is COc1c(F)cc(F)cc1-c1c[nH]c2ncc(-c3cc(NC(=O)/C(C)=C/Br)ccc3F)cc12. The summed E-state index contributed by atoms with van der Waals surface area (Å²) in [5, 5.41) is 3.21. The fourth-order valence-corrected chi connectivity index (χ4v) is 3.65. The van der Waals surface area contributed by atoms with Gasteiger partial charge in [0.25, 0.3) is 5.91 Å². The maximum absolute atomic E-state index is 14.7. The number of hydrogen-bond acceptors (Lipinski definition) is 3. The lowest BCUT2D eigenvalue weighted by Crippen LogP contribution is -2.12. The number of hydrogen-bond donors (Lipinski definition) is 2. The van der Waals surface area contributed by atoms with Crippen molar-refractivity contribution >= 4 is 38.6 Å². The third kappa shape index (κ3) is 4.36. The molecule has 2 aromatic carbocycles. The summed E-state index contributed by atoms with van der Waals surface area (Å²) in [6, 6.07) is 7.74. The molecule has 2 aromatic heterocycles. The second kappa shape index (κ2) is 9.11. The van der Waals surface area contributed by atoms with Crippen molar-refractivity contribution in [2.24, 2.45) is 0 Å². The summed E-state index contributed by atoms with van der Waals surface area (Å²) in [7, 11) is 1.29. The smallest absolute Gasteiger partial charge is 0.251 e. The van der Waals surface area contributed by atoms with Crippen molar-refractivity contribution in [1.82, 2.24) is 9.97 Å². The van der Waals surface area contributed by atoms with E-state index in [-0.39, 0.29) is 22.8 Å². The second-order valence-corrected chi connectivity index (χ2v) is 7.69. The van der Waals surface area contributed by atoms with Crippen LogP contribution in [0.1, 0.15) is 6.92 Å². The number of pyridine rings is 1. The third-order valence-electron chi connectivity index (χ3n) is 5.09. The van der Waals surface area contributed by atoms with E-state index in [2.05, 4.69) is 31.2 Å². The second-order valence-electron chi connectivity index (χ2n) is 7.23. The largest absolute Gasteiger partial charge is 0.493 e. The van der Waals surface area contributed by atoms with Crippen LogP contribution in [-0.4, -0.2) is 23.0 Å². The highest BCUT2D eigenvalue weighted by molar-refractivity contribution is 9.11. The highest BCUT2D eigenvalue weighted by Crippen LogP contribution is 2.38. The number of nitrogens with one attached hydrogen (secondary N) is 2. The fraction of sp³-hybridized carbons (Fsp3) is 0.0833. The molecule has 0 unspecified atom stereocenters. The Morgan fingerprint density at radius 3 is 2.61 bits per heavy atom. The summed E-state index contributed by atoms with van der Waals surface area (Å²) in [5.41, 5.74) is 2.54. The molecule has 0 spiro atoms. The molecule has 0 saturated heterocycles. The Kier molecular flexibility index (Phi) is 6.24. The first kappa shape index (κ1) is 22.6. The predicted octanol–water partition coefficient (Wildman–Crippen LogP) is 6.56. The molecule has 33 heavy (non-hydrogen) atoms. The number of anilines is 1. The van der Waals surface area contributed by atoms with Crippen LogP contribution in [0, 0.1) is 17.5 Å². The highest BCUT2D eigenvalue weighted by Gasteiger charge is 2.18. The zero-order chi connectivity index (χ0) is 23.7. The van der Waals surface area contributed by atoms with Gasteiger partial charge < -0.3 is 15.0 Å². The van der Waals surface area contributed by atoms with Crippen molar-refractivity contribution in [3.05, 3.63) is 76.8 Å². The number of halogens is 4. The van der Waals surface area contributed by atoms with E-state index >= 15 is 0 Å². The molecule has 168 valence electrons. The molecule has 0 aliphatic rings. The Morgan fingerprint density at radius 1 is 1.09 bits per heavy atom. The first-order chi connectivity index (χ1) is 15.8. The number of methoxy groups -OCH3 is 1. The summed E-state index contributed by atoms with van der Waals surface area (Å²) in [6.45, 7) is 1.63. The van der Waals surface area contributed by atoms with Crippen LogP contribution < -0.4 is 10.1 Å². The van der Waals surface area contributed by atoms with Gasteiger partial charge in [-0.2, -0.15) is 0 Å². The first-order valence-electron chi connectivity index (χ1n) is 9.71. The Balaban J connectivity index is 1.82. The summed E-state index contributed by atoms with van der Waals surface area (Å²) >= 11 is 3.11. The van der Waals surface area contributed by atoms with Gasteiger partial charge in [-0.25, -0.2) is 18.2 Å². The van der Waals surface area contributed by atoms with Gasteiger partial charge in [0.2, 0.25) is 0 Å². The van der Waals surface area contributed by atoms with Crippen molar-refractivity contribution in [1.29, 1.82) is 0 Å². The maximum atomic E-state index is 14.7. The number of H-pyrrole nitrogens is 1. The van der Waals surface area contributed by atoms with E-state index in [1.165, 1.54) is 36.5 Å². The van der Waals surface area contributed by atoms with Crippen molar-refractivity contribution in [3.63, 3.8) is 0 Å². The van der Waals surface area contributed by atoms with Gasteiger partial charge in [0.1, 0.15) is 17.3 Å². The number of amides is 1. The van der Waals surface area contributed by atoms with Crippen LogP contribution in [0.3, 0.4) is 0 Å². The molecule has 0 aliphatic heterocycles. The Bertz CT molecular complexity index is 1420. The van der Waals surface area contributed by atoms with Crippen LogP contribution in [0.15, 0.2) is 59.4 Å². The minimum absolute atomic E-state index is 0.117. The van der Waals surface area contributed by atoms with Crippen molar-refractivity contribution in [2.75, 3.05) is 12.4 Å². The zero-order valence-electron chi connectivity index (χ0n) is 17.5.